The van der Waals surface area contributed by atoms with Crippen LogP contribution in [-0.2, 0) is 13.1 Å². The largest absolute Gasteiger partial charge is 0.346 e. The summed E-state index contributed by atoms with van der Waals surface area (Å²) in [7, 11) is 0. The standard InChI is InChI=1S/C22H21F2N5O2S/c23-17-5-1-15(2-6-17)13-25-20(30)21-27-26-19(32-21)14-28-9-11-29(12-10-28)22(31)16-3-7-18(24)8-4-16/h1-8H,9-14H2,(H,25,30). The number of benzene rings is 2. The van der Waals surface area contributed by atoms with Crippen molar-refractivity contribution in [3.63, 3.8) is 0 Å². The van der Waals surface area contributed by atoms with E-state index in [1.54, 1.807) is 17.0 Å². The normalized spacial score (nSPS) is 14.4. The minimum atomic E-state index is -0.369. The molecule has 1 aliphatic rings. The average Bonchev–Trinajstić information content (AvgIpc) is 3.28. The number of carbonyl (C=O) groups is 2. The number of nitrogens with zero attached hydrogens (tertiary/aromatic N) is 4. The summed E-state index contributed by atoms with van der Waals surface area (Å²) in [4.78, 5) is 28.7. The van der Waals surface area contributed by atoms with Gasteiger partial charge in [-0.15, -0.1) is 10.2 Å². The van der Waals surface area contributed by atoms with Gasteiger partial charge < -0.3 is 10.2 Å². The van der Waals surface area contributed by atoms with E-state index in [4.69, 9.17) is 0 Å². The van der Waals surface area contributed by atoms with Crippen LogP contribution in [0, 0.1) is 11.6 Å². The highest BCUT2D eigenvalue weighted by Gasteiger charge is 2.23. The van der Waals surface area contributed by atoms with Crippen LogP contribution in [0.5, 0.6) is 0 Å². The number of aromatic nitrogens is 2. The summed E-state index contributed by atoms with van der Waals surface area (Å²) in [5.74, 6) is -1.13. The predicted octanol–water partition coefficient (Wildman–Crippen LogP) is 2.70. The third kappa shape index (κ3) is 5.51. The Morgan fingerprint density at radius 3 is 2.19 bits per heavy atom. The van der Waals surface area contributed by atoms with E-state index in [2.05, 4.69) is 20.4 Å². The molecule has 1 aromatic heterocycles. The van der Waals surface area contributed by atoms with Crippen LogP contribution in [0.2, 0.25) is 0 Å². The van der Waals surface area contributed by atoms with E-state index < -0.39 is 0 Å². The van der Waals surface area contributed by atoms with E-state index in [-0.39, 0.29) is 35.0 Å². The highest BCUT2D eigenvalue weighted by Crippen LogP contribution is 2.15. The Morgan fingerprint density at radius 2 is 1.53 bits per heavy atom. The van der Waals surface area contributed by atoms with Crippen LogP contribution in [0.1, 0.15) is 30.7 Å². The maximum Gasteiger partial charge on any atom is 0.282 e. The number of piperazine rings is 1. The van der Waals surface area contributed by atoms with Crippen molar-refractivity contribution in [2.45, 2.75) is 13.1 Å². The third-order valence-corrected chi connectivity index (χ3v) is 6.04. The van der Waals surface area contributed by atoms with Gasteiger partial charge in [0.05, 0.1) is 6.54 Å². The van der Waals surface area contributed by atoms with Crippen molar-refractivity contribution >= 4 is 23.2 Å². The van der Waals surface area contributed by atoms with Gasteiger partial charge in [0.15, 0.2) is 0 Å². The van der Waals surface area contributed by atoms with Crippen LogP contribution in [-0.4, -0.2) is 58.0 Å². The van der Waals surface area contributed by atoms with Gasteiger partial charge in [0, 0.05) is 38.3 Å². The zero-order chi connectivity index (χ0) is 22.5. The number of halogens is 2. The molecule has 2 heterocycles. The molecule has 2 aromatic carbocycles. The van der Waals surface area contributed by atoms with Gasteiger partial charge in [-0.3, -0.25) is 14.5 Å². The topological polar surface area (TPSA) is 78.4 Å². The number of hydrogen-bond donors (Lipinski definition) is 1. The number of nitrogens with one attached hydrogen (secondary N) is 1. The Kier molecular flexibility index (Phi) is 6.81. The number of carbonyl (C=O) groups excluding carboxylic acids is 2. The quantitative estimate of drug-likeness (QED) is 0.616. The molecule has 0 bridgehead atoms. The van der Waals surface area contributed by atoms with Crippen molar-refractivity contribution in [1.29, 1.82) is 0 Å². The molecule has 32 heavy (non-hydrogen) atoms. The first-order valence-corrected chi connectivity index (χ1v) is 10.9. The molecule has 166 valence electrons. The predicted molar refractivity (Wildman–Crippen MR) is 115 cm³/mol. The summed E-state index contributed by atoms with van der Waals surface area (Å²) in [6.45, 7) is 3.26. The molecule has 1 aliphatic heterocycles. The molecule has 4 rings (SSSR count). The first-order valence-electron chi connectivity index (χ1n) is 10.1. The summed E-state index contributed by atoms with van der Waals surface area (Å²) in [5.41, 5.74) is 1.26. The molecule has 0 aliphatic carbocycles. The van der Waals surface area contributed by atoms with Crippen LogP contribution in [0.15, 0.2) is 48.5 Å². The van der Waals surface area contributed by atoms with E-state index >= 15 is 0 Å². The lowest BCUT2D eigenvalue weighted by Crippen LogP contribution is -2.48. The van der Waals surface area contributed by atoms with Crippen molar-refractivity contribution in [3.8, 4) is 0 Å². The van der Waals surface area contributed by atoms with Gasteiger partial charge in [0.25, 0.3) is 11.8 Å². The van der Waals surface area contributed by atoms with Crippen molar-refractivity contribution < 1.29 is 18.4 Å². The lowest BCUT2D eigenvalue weighted by atomic mass is 10.2. The molecule has 0 radical (unpaired) electrons. The van der Waals surface area contributed by atoms with Crippen LogP contribution in [0.25, 0.3) is 0 Å². The Labute approximate surface area is 187 Å². The van der Waals surface area contributed by atoms with Gasteiger partial charge in [-0.05, 0) is 42.0 Å². The summed E-state index contributed by atoms with van der Waals surface area (Å²) in [6, 6.07) is 11.5. The monoisotopic (exact) mass is 457 g/mol. The first-order chi connectivity index (χ1) is 15.5. The molecular formula is C22H21F2N5O2S. The highest BCUT2D eigenvalue weighted by atomic mass is 32.1. The van der Waals surface area contributed by atoms with Gasteiger partial charge in [-0.1, -0.05) is 23.5 Å². The number of amides is 2. The maximum absolute atomic E-state index is 13.1. The van der Waals surface area contributed by atoms with E-state index in [0.29, 0.717) is 38.3 Å². The Bertz CT molecular complexity index is 1080. The highest BCUT2D eigenvalue weighted by molar-refractivity contribution is 7.13. The molecule has 3 aromatic rings. The molecule has 2 amide bonds. The van der Waals surface area contributed by atoms with Crippen LogP contribution < -0.4 is 5.32 Å². The average molecular weight is 458 g/mol. The van der Waals surface area contributed by atoms with E-state index in [9.17, 15) is 18.4 Å². The summed E-state index contributed by atoms with van der Waals surface area (Å²) < 4.78 is 26.0. The molecule has 1 N–H and O–H groups in total. The maximum atomic E-state index is 13.1. The Morgan fingerprint density at radius 1 is 0.906 bits per heavy atom. The second kappa shape index (κ2) is 9.92. The van der Waals surface area contributed by atoms with E-state index in [0.717, 1.165) is 10.6 Å². The second-order valence-electron chi connectivity index (χ2n) is 7.39. The van der Waals surface area contributed by atoms with Crippen LogP contribution in [0.3, 0.4) is 0 Å². The first kappa shape index (κ1) is 22.0. The summed E-state index contributed by atoms with van der Waals surface area (Å²) >= 11 is 1.23. The lowest BCUT2D eigenvalue weighted by molar-refractivity contribution is 0.0628. The molecule has 1 saturated heterocycles. The van der Waals surface area contributed by atoms with Crippen molar-refractivity contribution in [3.05, 3.63) is 81.3 Å². The van der Waals surface area contributed by atoms with Crippen molar-refractivity contribution in [1.82, 2.24) is 25.3 Å². The van der Waals surface area contributed by atoms with Gasteiger partial charge in [0.1, 0.15) is 16.6 Å². The third-order valence-electron chi connectivity index (χ3n) is 5.14. The van der Waals surface area contributed by atoms with Gasteiger partial charge in [-0.25, -0.2) is 8.78 Å². The van der Waals surface area contributed by atoms with Crippen molar-refractivity contribution in [2.75, 3.05) is 26.2 Å². The fraction of sp³-hybridized carbons (Fsp3) is 0.273. The summed E-state index contributed by atoms with van der Waals surface area (Å²) in [6.07, 6.45) is 0. The Balaban J connectivity index is 1.25. The van der Waals surface area contributed by atoms with Crippen LogP contribution >= 0.6 is 11.3 Å². The van der Waals surface area contributed by atoms with E-state index in [1.165, 1.54) is 47.7 Å². The molecule has 0 atom stereocenters. The zero-order valence-electron chi connectivity index (χ0n) is 17.1. The van der Waals surface area contributed by atoms with Crippen LogP contribution in [0.4, 0.5) is 8.78 Å². The molecule has 0 saturated carbocycles. The SMILES string of the molecule is O=C(NCc1ccc(F)cc1)c1nnc(CN2CCN(C(=O)c3ccc(F)cc3)CC2)s1. The zero-order valence-corrected chi connectivity index (χ0v) is 17.9. The second-order valence-corrected chi connectivity index (χ2v) is 8.45. The lowest BCUT2D eigenvalue weighted by Gasteiger charge is -2.34. The molecule has 10 heteroatoms. The number of hydrogen-bond acceptors (Lipinski definition) is 6. The molecule has 7 nitrogen and oxygen atoms in total. The van der Waals surface area contributed by atoms with E-state index in [1.807, 2.05) is 0 Å². The molecular weight excluding hydrogens is 436 g/mol. The minimum Gasteiger partial charge on any atom is -0.346 e. The van der Waals surface area contributed by atoms with Crippen molar-refractivity contribution in [2.24, 2.45) is 0 Å². The van der Waals surface area contributed by atoms with Gasteiger partial charge in [-0.2, -0.15) is 0 Å². The number of rotatable bonds is 6. The smallest absolute Gasteiger partial charge is 0.282 e. The minimum absolute atomic E-state index is 0.110. The molecule has 0 unspecified atom stereocenters. The fourth-order valence-corrected chi connectivity index (χ4v) is 4.14. The fourth-order valence-electron chi connectivity index (χ4n) is 3.34. The van der Waals surface area contributed by atoms with Gasteiger partial charge in [0.2, 0.25) is 5.01 Å². The summed E-state index contributed by atoms with van der Waals surface area (Å²) in [5, 5.41) is 11.8. The molecule has 1 fully saturated rings. The van der Waals surface area contributed by atoms with Gasteiger partial charge >= 0.3 is 0 Å². The molecule has 0 spiro atoms. The Hall–Kier alpha value is -3.24.